The van der Waals surface area contributed by atoms with Crippen LogP contribution in [0.4, 0.5) is 0 Å². The summed E-state index contributed by atoms with van der Waals surface area (Å²) in [6, 6.07) is 0. The van der Waals surface area contributed by atoms with Gasteiger partial charge in [-0.2, -0.15) is 0 Å². The molecule has 0 fully saturated rings. The van der Waals surface area contributed by atoms with Crippen molar-refractivity contribution in [2.75, 3.05) is 13.2 Å². The Balaban J connectivity index is 4.38. The van der Waals surface area contributed by atoms with Gasteiger partial charge < -0.3 is 14.6 Å². The van der Waals surface area contributed by atoms with Crippen molar-refractivity contribution in [1.82, 2.24) is 0 Å². The van der Waals surface area contributed by atoms with Crippen molar-refractivity contribution < 1.29 is 24.2 Å². The van der Waals surface area contributed by atoms with Crippen LogP contribution in [0, 0.1) is 11.8 Å². The fourth-order valence-corrected chi connectivity index (χ4v) is 2.56. The number of ether oxygens (including phenoxy) is 2. The molecule has 0 rings (SSSR count). The van der Waals surface area contributed by atoms with Crippen molar-refractivity contribution in [3.8, 4) is 0 Å². The molecule has 0 radical (unpaired) electrons. The van der Waals surface area contributed by atoms with E-state index < -0.39 is 6.10 Å². The van der Waals surface area contributed by atoms with E-state index in [1.54, 1.807) is 0 Å². The molecule has 0 bridgehead atoms. The van der Waals surface area contributed by atoms with E-state index >= 15 is 0 Å². The van der Waals surface area contributed by atoms with Gasteiger partial charge in [-0.3, -0.25) is 9.59 Å². The fourth-order valence-electron chi connectivity index (χ4n) is 2.56. The van der Waals surface area contributed by atoms with E-state index in [1.165, 1.54) is 0 Å². The number of aliphatic hydroxyl groups is 1. The van der Waals surface area contributed by atoms with E-state index in [1.807, 2.05) is 13.8 Å². The zero-order chi connectivity index (χ0) is 18.4. The third-order valence-electron chi connectivity index (χ3n) is 4.36. The predicted octanol–water partition coefficient (Wildman–Crippen LogP) is 3.87. The Bertz CT molecular complexity index is 343. The molecule has 0 saturated carbocycles. The number of unbranched alkanes of at least 4 members (excludes halogenated alkanes) is 2. The zero-order valence-electron chi connectivity index (χ0n) is 15.9. The Morgan fingerprint density at radius 2 is 1.38 bits per heavy atom. The first-order valence-corrected chi connectivity index (χ1v) is 9.51. The van der Waals surface area contributed by atoms with E-state index in [9.17, 15) is 14.7 Å². The Labute approximate surface area is 147 Å². The highest BCUT2D eigenvalue weighted by Gasteiger charge is 2.24. The summed E-state index contributed by atoms with van der Waals surface area (Å²) in [7, 11) is 0. The van der Waals surface area contributed by atoms with Crippen molar-refractivity contribution in [2.45, 2.75) is 85.2 Å². The van der Waals surface area contributed by atoms with Crippen LogP contribution < -0.4 is 0 Å². The van der Waals surface area contributed by atoms with Crippen molar-refractivity contribution in [2.24, 2.45) is 11.8 Å². The Kier molecular flexibility index (Phi) is 13.6. The average molecular weight is 344 g/mol. The lowest BCUT2D eigenvalue weighted by Gasteiger charge is -2.21. The fraction of sp³-hybridized carbons (Fsp3) is 0.895. The molecule has 1 N–H and O–H groups in total. The summed E-state index contributed by atoms with van der Waals surface area (Å²) in [6.45, 7) is 7.67. The molecule has 0 amide bonds. The van der Waals surface area contributed by atoms with Crippen LogP contribution in [0.5, 0.6) is 0 Å². The second-order valence-corrected chi connectivity index (χ2v) is 6.37. The molecule has 0 aliphatic carbocycles. The van der Waals surface area contributed by atoms with Crippen LogP contribution in [-0.4, -0.2) is 36.4 Å². The van der Waals surface area contributed by atoms with Gasteiger partial charge in [0.2, 0.25) is 0 Å². The molecule has 0 aliphatic heterocycles. The van der Waals surface area contributed by atoms with E-state index in [0.717, 1.165) is 44.9 Å². The van der Waals surface area contributed by atoms with Gasteiger partial charge in [-0.25, -0.2) is 0 Å². The second kappa shape index (κ2) is 14.3. The molecule has 0 saturated heterocycles. The largest absolute Gasteiger partial charge is 0.461 e. The topological polar surface area (TPSA) is 72.8 Å². The van der Waals surface area contributed by atoms with Gasteiger partial charge in [0.15, 0.2) is 6.10 Å². The third-order valence-corrected chi connectivity index (χ3v) is 4.36. The molecule has 3 unspecified atom stereocenters. The summed E-state index contributed by atoms with van der Waals surface area (Å²) >= 11 is 0. The highest BCUT2D eigenvalue weighted by atomic mass is 16.6. The average Bonchev–Trinajstić information content (AvgIpc) is 2.59. The van der Waals surface area contributed by atoms with E-state index in [4.69, 9.17) is 9.47 Å². The van der Waals surface area contributed by atoms with Crippen LogP contribution in [0.25, 0.3) is 0 Å². The molecule has 0 aromatic heterocycles. The minimum Gasteiger partial charge on any atom is -0.461 e. The molecule has 0 aromatic carbocycles. The van der Waals surface area contributed by atoms with Crippen LogP contribution >= 0.6 is 0 Å². The third kappa shape index (κ3) is 9.26. The van der Waals surface area contributed by atoms with Gasteiger partial charge in [-0.1, -0.05) is 53.4 Å². The predicted molar refractivity (Wildman–Crippen MR) is 94.5 cm³/mol. The number of rotatable bonds is 14. The van der Waals surface area contributed by atoms with Crippen molar-refractivity contribution in [3.05, 3.63) is 0 Å². The SMILES string of the molecule is CCCCC(CC)C(=O)OCC(CO)OC(=O)C(CC)CCCC. The van der Waals surface area contributed by atoms with Crippen LogP contribution in [0.2, 0.25) is 0 Å². The van der Waals surface area contributed by atoms with Crippen molar-refractivity contribution in [1.29, 1.82) is 0 Å². The van der Waals surface area contributed by atoms with Gasteiger partial charge in [-0.15, -0.1) is 0 Å². The minimum atomic E-state index is -0.777. The summed E-state index contributed by atoms with van der Waals surface area (Å²) in [5.74, 6) is -0.840. The minimum absolute atomic E-state index is 0.0755. The van der Waals surface area contributed by atoms with Crippen molar-refractivity contribution in [3.63, 3.8) is 0 Å². The van der Waals surface area contributed by atoms with Gasteiger partial charge in [0.05, 0.1) is 18.4 Å². The Morgan fingerprint density at radius 1 is 0.875 bits per heavy atom. The molecule has 0 heterocycles. The quantitative estimate of drug-likeness (QED) is 0.484. The Hall–Kier alpha value is -1.10. The maximum Gasteiger partial charge on any atom is 0.309 e. The molecule has 0 aliphatic rings. The van der Waals surface area contributed by atoms with E-state index in [0.29, 0.717) is 6.42 Å². The number of esters is 2. The normalized spacial score (nSPS) is 14.7. The molecule has 3 atom stereocenters. The molecule has 5 nitrogen and oxygen atoms in total. The maximum atomic E-state index is 12.2. The summed E-state index contributed by atoms with van der Waals surface area (Å²) in [4.78, 5) is 24.2. The monoisotopic (exact) mass is 344 g/mol. The van der Waals surface area contributed by atoms with Gasteiger partial charge in [0, 0.05) is 0 Å². The summed E-state index contributed by atoms with van der Waals surface area (Å²) in [5, 5.41) is 9.39. The molecule has 5 heteroatoms. The number of hydrogen-bond acceptors (Lipinski definition) is 5. The number of carbonyl (C=O) groups is 2. The first kappa shape index (κ1) is 22.9. The van der Waals surface area contributed by atoms with Crippen LogP contribution in [-0.2, 0) is 19.1 Å². The Morgan fingerprint density at radius 3 is 1.79 bits per heavy atom. The number of hydrogen-bond donors (Lipinski definition) is 1. The first-order chi connectivity index (χ1) is 11.5. The van der Waals surface area contributed by atoms with Crippen LogP contribution in [0.3, 0.4) is 0 Å². The molecule has 0 aromatic rings. The lowest BCUT2D eigenvalue weighted by Crippen LogP contribution is -2.32. The van der Waals surface area contributed by atoms with E-state index in [2.05, 4.69) is 13.8 Å². The highest BCUT2D eigenvalue weighted by Crippen LogP contribution is 2.17. The van der Waals surface area contributed by atoms with Gasteiger partial charge in [0.25, 0.3) is 0 Å². The van der Waals surface area contributed by atoms with Crippen LogP contribution in [0.15, 0.2) is 0 Å². The molecular formula is C19H36O5. The molecule has 142 valence electrons. The summed E-state index contributed by atoms with van der Waals surface area (Å²) < 4.78 is 10.6. The van der Waals surface area contributed by atoms with Crippen LogP contribution in [0.1, 0.15) is 79.1 Å². The standard InChI is InChI=1S/C19H36O5/c1-5-9-11-15(7-3)18(21)23-14-17(13-20)24-19(22)16(8-4)12-10-6-2/h15-17,20H,5-14H2,1-4H3. The van der Waals surface area contributed by atoms with Gasteiger partial charge in [-0.05, 0) is 25.7 Å². The smallest absolute Gasteiger partial charge is 0.309 e. The van der Waals surface area contributed by atoms with E-state index in [-0.39, 0.29) is 37.0 Å². The second-order valence-electron chi connectivity index (χ2n) is 6.37. The lowest BCUT2D eigenvalue weighted by atomic mass is 9.99. The number of carbonyl (C=O) groups excluding carboxylic acids is 2. The lowest BCUT2D eigenvalue weighted by molar-refractivity contribution is -0.167. The molecular weight excluding hydrogens is 308 g/mol. The van der Waals surface area contributed by atoms with Crippen molar-refractivity contribution >= 4 is 11.9 Å². The van der Waals surface area contributed by atoms with Gasteiger partial charge >= 0.3 is 11.9 Å². The first-order valence-electron chi connectivity index (χ1n) is 9.51. The number of aliphatic hydroxyl groups excluding tert-OH is 1. The molecule has 0 spiro atoms. The summed E-state index contributed by atoms with van der Waals surface area (Å²) in [6.07, 6.45) is 6.30. The highest BCUT2D eigenvalue weighted by molar-refractivity contribution is 5.73. The molecule has 24 heavy (non-hydrogen) atoms. The summed E-state index contributed by atoms with van der Waals surface area (Å²) in [5.41, 5.74) is 0. The van der Waals surface area contributed by atoms with Gasteiger partial charge in [0.1, 0.15) is 6.61 Å². The zero-order valence-corrected chi connectivity index (χ0v) is 15.9. The maximum absolute atomic E-state index is 12.2.